The van der Waals surface area contributed by atoms with Crippen LogP contribution in [0.5, 0.6) is 0 Å². The third kappa shape index (κ3) is 5.66. The summed E-state index contributed by atoms with van der Waals surface area (Å²) in [5.41, 5.74) is 0.987. The van der Waals surface area contributed by atoms with Gasteiger partial charge in [0.25, 0.3) is 5.91 Å². The van der Waals surface area contributed by atoms with Crippen molar-refractivity contribution in [3.8, 4) is 0 Å². The molecule has 1 amide bonds. The van der Waals surface area contributed by atoms with Crippen LogP contribution in [0, 0.1) is 5.82 Å². The topological polar surface area (TPSA) is 66.8 Å². The van der Waals surface area contributed by atoms with E-state index in [2.05, 4.69) is 0 Å². The molecule has 1 saturated heterocycles. The van der Waals surface area contributed by atoms with Gasteiger partial charge in [0.1, 0.15) is 23.6 Å². The Bertz CT molecular complexity index is 1250. The Morgan fingerprint density at radius 2 is 1.59 bits per heavy atom. The fourth-order valence-corrected chi connectivity index (χ4v) is 5.30. The molecule has 1 aliphatic heterocycles. The highest BCUT2D eigenvalue weighted by Crippen LogP contribution is 2.48. The highest BCUT2D eigenvalue weighted by Gasteiger charge is 2.54. The maximum absolute atomic E-state index is 14.1. The van der Waals surface area contributed by atoms with Crippen molar-refractivity contribution < 1.29 is 23.8 Å². The number of halogens is 3. The number of hydrogen-bond acceptors (Lipinski definition) is 3. The summed E-state index contributed by atoms with van der Waals surface area (Å²) in [5, 5.41) is 11.3. The lowest BCUT2D eigenvalue weighted by molar-refractivity contribution is -0.209. The lowest BCUT2D eigenvalue weighted by atomic mass is 9.79. The summed E-state index contributed by atoms with van der Waals surface area (Å²) in [5.74, 6) is -1.91. The zero-order valence-corrected chi connectivity index (χ0v) is 22.0. The van der Waals surface area contributed by atoms with Gasteiger partial charge in [0.15, 0.2) is 0 Å². The summed E-state index contributed by atoms with van der Waals surface area (Å²) in [6.45, 7) is 3.74. The second-order valence-corrected chi connectivity index (χ2v) is 10.3. The van der Waals surface area contributed by atoms with Crippen molar-refractivity contribution in [2.75, 3.05) is 0 Å². The molecule has 0 radical (unpaired) electrons. The highest BCUT2D eigenvalue weighted by molar-refractivity contribution is 6.30. The number of carboxylic acid groups (broad SMARTS) is 1. The molecular formula is C29H28Cl2FNO4. The second-order valence-electron chi connectivity index (χ2n) is 9.39. The van der Waals surface area contributed by atoms with Gasteiger partial charge in [-0.15, -0.1) is 0 Å². The molecule has 0 bridgehead atoms. The standard InChI is InChI=1S/C29H28Cl2FNO4/c1-3-4-24(28(35)36)33-26(19-7-11-21(30)12-8-19)29(2,20-9-13-22(31)14-10-20)37-25(27(33)34)17-18-5-15-23(32)16-6-18/h5-16,24-26H,3-4,17H2,1-2H3,(H,35,36)/t24-,25-,26+,29-/m1/s1. The van der Waals surface area contributed by atoms with Crippen LogP contribution in [0.1, 0.15) is 49.4 Å². The molecule has 4 rings (SSSR count). The SMILES string of the molecule is CCC[C@H](C(=O)O)N1C(=O)[C@@H](Cc2ccc(F)cc2)O[C@](C)(c2ccc(Cl)cc2)[C@@H]1c1ccc(Cl)cc1. The fraction of sp³-hybridized carbons (Fsp3) is 0.310. The zero-order valence-electron chi connectivity index (χ0n) is 20.5. The normalized spacial score (nSPS) is 22.6. The second kappa shape index (κ2) is 11.2. The van der Waals surface area contributed by atoms with Gasteiger partial charge in [0.2, 0.25) is 0 Å². The van der Waals surface area contributed by atoms with E-state index in [-0.39, 0.29) is 18.7 Å². The molecule has 1 fully saturated rings. The average Bonchev–Trinajstić information content (AvgIpc) is 2.87. The van der Waals surface area contributed by atoms with E-state index in [0.29, 0.717) is 27.6 Å². The van der Waals surface area contributed by atoms with Gasteiger partial charge in [0, 0.05) is 16.5 Å². The first-order chi connectivity index (χ1) is 17.6. The predicted octanol–water partition coefficient (Wildman–Crippen LogP) is 6.81. The molecular weight excluding hydrogens is 516 g/mol. The lowest BCUT2D eigenvalue weighted by Gasteiger charge is -2.52. The average molecular weight is 544 g/mol. The van der Waals surface area contributed by atoms with Gasteiger partial charge in [-0.2, -0.15) is 0 Å². The quantitative estimate of drug-likeness (QED) is 0.338. The molecule has 0 aliphatic carbocycles. The van der Waals surface area contributed by atoms with E-state index in [0.717, 1.165) is 5.56 Å². The molecule has 1 aliphatic rings. The fourth-order valence-electron chi connectivity index (χ4n) is 5.05. The van der Waals surface area contributed by atoms with Gasteiger partial charge in [-0.1, -0.05) is 72.9 Å². The Morgan fingerprint density at radius 1 is 1.03 bits per heavy atom. The van der Waals surface area contributed by atoms with Gasteiger partial charge >= 0.3 is 5.97 Å². The van der Waals surface area contributed by atoms with Crippen molar-refractivity contribution in [3.63, 3.8) is 0 Å². The first-order valence-corrected chi connectivity index (χ1v) is 12.9. The van der Waals surface area contributed by atoms with Crippen molar-refractivity contribution in [2.45, 2.75) is 56.9 Å². The third-order valence-electron chi connectivity index (χ3n) is 6.84. The van der Waals surface area contributed by atoms with E-state index >= 15 is 0 Å². The number of carbonyl (C=O) groups is 2. The Labute approximate surface area is 225 Å². The molecule has 37 heavy (non-hydrogen) atoms. The van der Waals surface area contributed by atoms with Crippen molar-refractivity contribution in [2.24, 2.45) is 0 Å². The highest BCUT2D eigenvalue weighted by atomic mass is 35.5. The number of benzene rings is 3. The Hall–Kier alpha value is -2.93. The van der Waals surface area contributed by atoms with Crippen LogP contribution in [-0.2, 0) is 26.3 Å². The number of carboxylic acids is 1. The molecule has 0 spiro atoms. The monoisotopic (exact) mass is 543 g/mol. The molecule has 5 nitrogen and oxygen atoms in total. The maximum Gasteiger partial charge on any atom is 0.326 e. The van der Waals surface area contributed by atoms with E-state index < -0.39 is 35.7 Å². The smallest absolute Gasteiger partial charge is 0.326 e. The number of ether oxygens (including phenoxy) is 1. The van der Waals surface area contributed by atoms with Crippen LogP contribution < -0.4 is 0 Å². The van der Waals surface area contributed by atoms with Crippen LogP contribution in [0.25, 0.3) is 0 Å². The molecule has 1 heterocycles. The van der Waals surface area contributed by atoms with Crippen molar-refractivity contribution in [1.29, 1.82) is 0 Å². The Kier molecular flexibility index (Phi) is 8.22. The number of amides is 1. The summed E-state index contributed by atoms with van der Waals surface area (Å²) in [6.07, 6.45) is -0.00120. The van der Waals surface area contributed by atoms with Crippen LogP contribution in [0.15, 0.2) is 72.8 Å². The van der Waals surface area contributed by atoms with E-state index in [9.17, 15) is 19.1 Å². The lowest BCUT2D eigenvalue weighted by Crippen LogP contribution is -2.62. The van der Waals surface area contributed by atoms with E-state index in [1.54, 1.807) is 48.5 Å². The van der Waals surface area contributed by atoms with Crippen molar-refractivity contribution >= 4 is 35.1 Å². The molecule has 8 heteroatoms. The number of nitrogens with zero attached hydrogens (tertiary/aromatic N) is 1. The summed E-state index contributed by atoms with van der Waals surface area (Å²) in [7, 11) is 0. The van der Waals surface area contributed by atoms with Gasteiger partial charge < -0.3 is 14.7 Å². The summed E-state index contributed by atoms with van der Waals surface area (Å²) >= 11 is 12.3. The number of aliphatic carboxylic acids is 1. The third-order valence-corrected chi connectivity index (χ3v) is 7.34. The molecule has 3 aromatic carbocycles. The Morgan fingerprint density at radius 3 is 2.14 bits per heavy atom. The van der Waals surface area contributed by atoms with Crippen LogP contribution in [-0.4, -0.2) is 34.0 Å². The summed E-state index contributed by atoms with van der Waals surface area (Å²) < 4.78 is 20.2. The van der Waals surface area contributed by atoms with Crippen LogP contribution in [0.2, 0.25) is 10.0 Å². The van der Waals surface area contributed by atoms with E-state index in [1.807, 2.05) is 26.0 Å². The number of hydrogen-bond donors (Lipinski definition) is 1. The largest absolute Gasteiger partial charge is 0.480 e. The zero-order chi connectivity index (χ0) is 26.7. The first-order valence-electron chi connectivity index (χ1n) is 12.1. The van der Waals surface area contributed by atoms with E-state index in [4.69, 9.17) is 27.9 Å². The Balaban J connectivity index is 1.90. The molecule has 0 unspecified atom stereocenters. The first kappa shape index (κ1) is 27.1. The molecule has 4 atom stereocenters. The van der Waals surface area contributed by atoms with Gasteiger partial charge in [0.05, 0.1) is 6.04 Å². The molecule has 0 saturated carbocycles. The van der Waals surface area contributed by atoms with E-state index in [1.165, 1.54) is 17.0 Å². The minimum Gasteiger partial charge on any atom is -0.480 e. The van der Waals surface area contributed by atoms with Gasteiger partial charge in [-0.3, -0.25) is 4.79 Å². The molecule has 0 aromatic heterocycles. The number of rotatable bonds is 8. The van der Waals surface area contributed by atoms with Gasteiger partial charge in [-0.05, 0) is 66.4 Å². The summed E-state index contributed by atoms with van der Waals surface area (Å²) in [4.78, 5) is 28.1. The number of morpholine rings is 1. The summed E-state index contributed by atoms with van der Waals surface area (Å²) in [6, 6.07) is 18.1. The van der Waals surface area contributed by atoms with Crippen LogP contribution in [0.4, 0.5) is 4.39 Å². The molecule has 3 aromatic rings. The minimum absolute atomic E-state index is 0.157. The number of carbonyl (C=O) groups excluding carboxylic acids is 1. The predicted molar refractivity (Wildman–Crippen MR) is 141 cm³/mol. The van der Waals surface area contributed by atoms with Crippen LogP contribution in [0.3, 0.4) is 0 Å². The molecule has 194 valence electrons. The van der Waals surface area contributed by atoms with Crippen LogP contribution >= 0.6 is 23.2 Å². The van der Waals surface area contributed by atoms with Crippen molar-refractivity contribution in [3.05, 3.63) is 105 Å². The maximum atomic E-state index is 14.1. The molecule has 1 N–H and O–H groups in total. The van der Waals surface area contributed by atoms with Gasteiger partial charge in [-0.25, -0.2) is 9.18 Å². The minimum atomic E-state index is -1.14. The van der Waals surface area contributed by atoms with Crippen molar-refractivity contribution in [1.82, 2.24) is 4.90 Å².